The average molecular weight is 187 g/mol. The van der Waals surface area contributed by atoms with Gasteiger partial charge in [-0.1, -0.05) is 11.6 Å². The van der Waals surface area contributed by atoms with E-state index in [1.54, 1.807) is 11.4 Å². The third-order valence-electron chi connectivity index (χ3n) is 1.23. The topological polar surface area (TPSA) is 20.2 Å². The van der Waals surface area contributed by atoms with E-state index in [2.05, 4.69) is 5.92 Å². The zero-order chi connectivity index (χ0) is 8.27. The lowest BCUT2D eigenvalue weighted by molar-refractivity contribution is 0.188. The molecule has 0 spiro atoms. The largest absolute Gasteiger partial charge is 0.387 e. The number of hydrogen-bond acceptors (Lipinski definition) is 2. The van der Waals surface area contributed by atoms with Gasteiger partial charge in [0.25, 0.3) is 0 Å². The van der Waals surface area contributed by atoms with Gasteiger partial charge in [0.15, 0.2) is 0 Å². The minimum absolute atomic E-state index is 0.344. The van der Waals surface area contributed by atoms with Gasteiger partial charge in [0.2, 0.25) is 0 Å². The van der Waals surface area contributed by atoms with Crippen LogP contribution in [-0.2, 0) is 0 Å². The minimum Gasteiger partial charge on any atom is -0.387 e. The van der Waals surface area contributed by atoms with Crippen LogP contribution in [0.15, 0.2) is 11.4 Å². The highest BCUT2D eigenvalue weighted by atomic mass is 35.5. The Balaban J connectivity index is 2.70. The average Bonchev–Trinajstić information content (AvgIpc) is 2.36. The highest BCUT2D eigenvalue weighted by molar-refractivity contribution is 7.10. The zero-order valence-electron chi connectivity index (χ0n) is 5.75. The molecule has 3 heteroatoms. The molecule has 0 aliphatic heterocycles. The minimum atomic E-state index is -0.558. The van der Waals surface area contributed by atoms with E-state index in [1.165, 1.54) is 11.3 Å². The van der Waals surface area contributed by atoms with Crippen LogP contribution in [0.5, 0.6) is 0 Å². The van der Waals surface area contributed by atoms with Crippen molar-refractivity contribution >= 4 is 22.9 Å². The van der Waals surface area contributed by atoms with Crippen molar-refractivity contribution in [2.45, 2.75) is 12.5 Å². The normalized spacial score (nSPS) is 12.5. The molecule has 0 aliphatic carbocycles. The van der Waals surface area contributed by atoms with E-state index in [-0.39, 0.29) is 0 Å². The van der Waals surface area contributed by atoms with E-state index in [4.69, 9.17) is 18.0 Å². The molecule has 0 saturated heterocycles. The second kappa shape index (κ2) is 3.77. The maximum absolute atomic E-state index is 9.34. The smallest absolute Gasteiger partial charge is 0.0991 e. The molecular weight excluding hydrogens is 180 g/mol. The molecule has 0 amide bonds. The van der Waals surface area contributed by atoms with E-state index in [1.807, 2.05) is 0 Å². The SMILES string of the molecule is C#CCC(O)c1cc(Cl)cs1. The van der Waals surface area contributed by atoms with Crippen molar-refractivity contribution in [3.05, 3.63) is 21.3 Å². The second-order valence-corrected chi connectivity index (χ2v) is 3.47. The predicted molar refractivity (Wildman–Crippen MR) is 47.7 cm³/mol. The van der Waals surface area contributed by atoms with Gasteiger partial charge in [0, 0.05) is 16.7 Å². The molecule has 0 bridgehead atoms. The van der Waals surface area contributed by atoms with Gasteiger partial charge < -0.3 is 5.11 Å². The molecule has 1 aromatic rings. The van der Waals surface area contributed by atoms with Crippen LogP contribution in [0, 0.1) is 12.3 Å². The molecule has 1 atom stereocenters. The van der Waals surface area contributed by atoms with Crippen LogP contribution in [-0.4, -0.2) is 5.11 Å². The highest BCUT2D eigenvalue weighted by Gasteiger charge is 2.07. The lowest BCUT2D eigenvalue weighted by atomic mass is 10.2. The molecule has 11 heavy (non-hydrogen) atoms. The van der Waals surface area contributed by atoms with Gasteiger partial charge in [0.1, 0.15) is 0 Å². The van der Waals surface area contributed by atoms with Crippen molar-refractivity contribution in [1.29, 1.82) is 0 Å². The van der Waals surface area contributed by atoms with E-state index in [0.29, 0.717) is 11.4 Å². The molecule has 1 aromatic heterocycles. The Morgan fingerprint density at radius 2 is 2.55 bits per heavy atom. The standard InChI is InChI=1S/C8H7ClOS/c1-2-3-7(10)8-4-6(9)5-11-8/h1,4-5,7,10H,3H2. The maximum Gasteiger partial charge on any atom is 0.0991 e. The van der Waals surface area contributed by atoms with Gasteiger partial charge in [-0.3, -0.25) is 0 Å². The summed E-state index contributed by atoms with van der Waals surface area (Å²) < 4.78 is 0. The lowest BCUT2D eigenvalue weighted by Gasteiger charge is -2.01. The van der Waals surface area contributed by atoms with Gasteiger partial charge in [0.05, 0.1) is 11.1 Å². The van der Waals surface area contributed by atoms with Crippen molar-refractivity contribution in [3.63, 3.8) is 0 Å². The fraction of sp³-hybridized carbons (Fsp3) is 0.250. The molecule has 0 aliphatic rings. The maximum atomic E-state index is 9.34. The van der Waals surface area contributed by atoms with Gasteiger partial charge in [-0.2, -0.15) is 0 Å². The summed E-state index contributed by atoms with van der Waals surface area (Å²) in [5, 5.41) is 11.8. The van der Waals surface area contributed by atoms with E-state index < -0.39 is 6.10 Å². The van der Waals surface area contributed by atoms with E-state index >= 15 is 0 Å². The van der Waals surface area contributed by atoms with Crippen molar-refractivity contribution in [1.82, 2.24) is 0 Å². The molecule has 0 radical (unpaired) electrons. The van der Waals surface area contributed by atoms with Gasteiger partial charge in [-0.25, -0.2) is 0 Å². The van der Waals surface area contributed by atoms with Crippen LogP contribution in [0.1, 0.15) is 17.4 Å². The Bertz CT molecular complexity index is 274. The number of hydrogen-bond donors (Lipinski definition) is 1. The van der Waals surface area contributed by atoms with Crippen LogP contribution < -0.4 is 0 Å². The Hall–Kier alpha value is -0.490. The molecular formula is C8H7ClOS. The number of aliphatic hydroxyl groups is 1. The Morgan fingerprint density at radius 3 is 3.00 bits per heavy atom. The van der Waals surface area contributed by atoms with Crippen molar-refractivity contribution in [3.8, 4) is 12.3 Å². The highest BCUT2D eigenvalue weighted by Crippen LogP contribution is 2.26. The van der Waals surface area contributed by atoms with Crippen LogP contribution in [0.3, 0.4) is 0 Å². The summed E-state index contributed by atoms with van der Waals surface area (Å²) in [6.45, 7) is 0. The van der Waals surface area contributed by atoms with Gasteiger partial charge >= 0.3 is 0 Å². The summed E-state index contributed by atoms with van der Waals surface area (Å²) in [4.78, 5) is 0.827. The first-order valence-electron chi connectivity index (χ1n) is 3.09. The number of thiophene rings is 1. The van der Waals surface area contributed by atoms with Gasteiger partial charge in [-0.05, 0) is 6.07 Å². The lowest BCUT2D eigenvalue weighted by Crippen LogP contribution is -1.90. The molecule has 0 saturated carbocycles. The second-order valence-electron chi connectivity index (χ2n) is 2.09. The Labute approximate surface area is 74.6 Å². The number of terminal acetylenes is 1. The molecule has 0 fully saturated rings. The quantitative estimate of drug-likeness (QED) is 0.704. The first-order chi connectivity index (χ1) is 5.24. The third kappa shape index (κ3) is 2.23. The van der Waals surface area contributed by atoms with Crippen molar-refractivity contribution in [2.24, 2.45) is 0 Å². The zero-order valence-corrected chi connectivity index (χ0v) is 7.32. The summed E-state index contributed by atoms with van der Waals surface area (Å²) in [6, 6.07) is 1.73. The summed E-state index contributed by atoms with van der Waals surface area (Å²) in [5.74, 6) is 2.39. The number of halogens is 1. The molecule has 58 valence electrons. The van der Waals surface area contributed by atoms with Gasteiger partial charge in [-0.15, -0.1) is 23.7 Å². The number of rotatable bonds is 2. The number of aliphatic hydroxyl groups excluding tert-OH is 1. The van der Waals surface area contributed by atoms with Crippen molar-refractivity contribution < 1.29 is 5.11 Å². The first-order valence-corrected chi connectivity index (χ1v) is 4.35. The van der Waals surface area contributed by atoms with E-state index in [0.717, 1.165) is 4.88 Å². The summed E-state index contributed by atoms with van der Waals surface area (Å²) >= 11 is 7.07. The summed E-state index contributed by atoms with van der Waals surface area (Å²) in [5.41, 5.74) is 0. The fourth-order valence-corrected chi connectivity index (χ4v) is 1.78. The third-order valence-corrected chi connectivity index (χ3v) is 2.61. The molecule has 1 unspecified atom stereocenters. The summed E-state index contributed by atoms with van der Waals surface area (Å²) in [7, 11) is 0. The van der Waals surface area contributed by atoms with Crippen LogP contribution in [0.2, 0.25) is 5.02 Å². The molecule has 1 heterocycles. The van der Waals surface area contributed by atoms with Crippen LogP contribution in [0.4, 0.5) is 0 Å². The van der Waals surface area contributed by atoms with Crippen molar-refractivity contribution in [2.75, 3.05) is 0 Å². The van der Waals surface area contributed by atoms with E-state index in [9.17, 15) is 5.11 Å². The molecule has 1 N–H and O–H groups in total. The molecule has 0 aromatic carbocycles. The first kappa shape index (κ1) is 8.61. The van der Waals surface area contributed by atoms with Crippen LogP contribution in [0.25, 0.3) is 0 Å². The summed E-state index contributed by atoms with van der Waals surface area (Å²) in [6.07, 6.45) is 4.82. The molecule has 1 nitrogen and oxygen atoms in total. The predicted octanol–water partition coefficient (Wildman–Crippen LogP) is 2.46. The Morgan fingerprint density at radius 1 is 1.82 bits per heavy atom. The monoisotopic (exact) mass is 186 g/mol. The molecule has 1 rings (SSSR count). The fourth-order valence-electron chi connectivity index (χ4n) is 0.715. The van der Waals surface area contributed by atoms with Crippen LogP contribution >= 0.6 is 22.9 Å². The Kier molecular flexibility index (Phi) is 2.95.